The van der Waals surface area contributed by atoms with Gasteiger partial charge in [0.25, 0.3) is 5.91 Å². The van der Waals surface area contributed by atoms with Crippen LogP contribution in [-0.4, -0.2) is 29.2 Å². The molecule has 1 atom stereocenters. The first kappa shape index (κ1) is 15.2. The molecule has 104 valence electrons. The molecule has 0 aromatic heterocycles. The fraction of sp³-hybridized carbons (Fsp3) is 0.867. The molecule has 0 N–H and O–H groups in total. The van der Waals surface area contributed by atoms with Crippen LogP contribution in [0, 0.1) is 5.41 Å². The summed E-state index contributed by atoms with van der Waals surface area (Å²) < 4.78 is 0. The summed E-state index contributed by atoms with van der Waals surface area (Å²) in [5, 5.41) is 0. The minimum Gasteiger partial charge on any atom is -0.333 e. The molecule has 1 saturated heterocycles. The van der Waals surface area contributed by atoms with Crippen LogP contribution in [0.3, 0.4) is 0 Å². The van der Waals surface area contributed by atoms with Crippen molar-refractivity contribution in [1.29, 1.82) is 0 Å². The Morgan fingerprint density at radius 3 is 2.50 bits per heavy atom. The number of rotatable bonds is 6. The zero-order valence-corrected chi connectivity index (χ0v) is 12.3. The maximum absolute atomic E-state index is 12.3. The lowest BCUT2D eigenvalue weighted by molar-refractivity contribution is -0.149. The SMILES string of the molecule is CCCCC1CCCN1C(=O)C(=O)C(C)(C)CC. The number of hydrogen-bond acceptors (Lipinski definition) is 2. The number of Topliss-reactive ketones (excluding diaryl/α,β-unsaturated/α-hetero) is 1. The minimum absolute atomic E-state index is 0.214. The predicted octanol–water partition coefficient (Wildman–Crippen LogP) is 3.17. The van der Waals surface area contributed by atoms with E-state index in [1.807, 2.05) is 25.7 Å². The molecule has 1 fully saturated rings. The van der Waals surface area contributed by atoms with E-state index in [0.29, 0.717) is 12.5 Å². The molecule has 0 aromatic rings. The summed E-state index contributed by atoms with van der Waals surface area (Å²) in [4.78, 5) is 26.3. The van der Waals surface area contributed by atoms with Crippen LogP contribution in [0.2, 0.25) is 0 Å². The van der Waals surface area contributed by atoms with Crippen LogP contribution in [0.4, 0.5) is 0 Å². The molecule has 1 unspecified atom stereocenters. The van der Waals surface area contributed by atoms with Crippen LogP contribution < -0.4 is 0 Å². The Hall–Kier alpha value is -0.860. The zero-order chi connectivity index (χ0) is 13.8. The molecule has 1 heterocycles. The predicted molar refractivity (Wildman–Crippen MR) is 73.3 cm³/mol. The number of likely N-dealkylation sites (tertiary alicyclic amines) is 1. The third-order valence-corrected chi connectivity index (χ3v) is 4.22. The topological polar surface area (TPSA) is 37.4 Å². The van der Waals surface area contributed by atoms with Gasteiger partial charge in [-0.3, -0.25) is 9.59 Å². The molecule has 18 heavy (non-hydrogen) atoms. The lowest BCUT2D eigenvalue weighted by atomic mass is 9.84. The number of hydrogen-bond donors (Lipinski definition) is 0. The van der Waals surface area contributed by atoms with E-state index >= 15 is 0 Å². The molecular formula is C15H27NO2. The summed E-state index contributed by atoms with van der Waals surface area (Å²) >= 11 is 0. The summed E-state index contributed by atoms with van der Waals surface area (Å²) in [6.45, 7) is 8.61. The minimum atomic E-state index is -0.519. The lowest BCUT2D eigenvalue weighted by Crippen LogP contribution is -2.44. The Kier molecular flexibility index (Phi) is 5.36. The third kappa shape index (κ3) is 3.33. The normalized spacial score (nSPS) is 20.2. The van der Waals surface area contributed by atoms with E-state index < -0.39 is 5.41 Å². The van der Waals surface area contributed by atoms with Gasteiger partial charge in [0, 0.05) is 18.0 Å². The summed E-state index contributed by atoms with van der Waals surface area (Å²) in [7, 11) is 0. The van der Waals surface area contributed by atoms with Crippen LogP contribution in [0.25, 0.3) is 0 Å². The summed E-state index contributed by atoms with van der Waals surface area (Å²) in [5.41, 5.74) is -0.519. The summed E-state index contributed by atoms with van der Waals surface area (Å²) in [6.07, 6.45) is 6.14. The van der Waals surface area contributed by atoms with Gasteiger partial charge in [-0.25, -0.2) is 0 Å². The number of unbranched alkanes of at least 4 members (excludes halogenated alkanes) is 1. The lowest BCUT2D eigenvalue weighted by Gasteiger charge is -2.28. The van der Waals surface area contributed by atoms with Crippen molar-refractivity contribution >= 4 is 11.7 Å². The Morgan fingerprint density at radius 2 is 1.94 bits per heavy atom. The average molecular weight is 253 g/mol. The van der Waals surface area contributed by atoms with E-state index in [9.17, 15) is 9.59 Å². The van der Waals surface area contributed by atoms with Crippen molar-refractivity contribution in [2.24, 2.45) is 5.41 Å². The fourth-order valence-electron chi connectivity index (χ4n) is 2.42. The second kappa shape index (κ2) is 6.35. The highest BCUT2D eigenvalue weighted by Crippen LogP contribution is 2.27. The third-order valence-electron chi connectivity index (χ3n) is 4.22. The summed E-state index contributed by atoms with van der Waals surface area (Å²) in [6, 6.07) is 0.300. The largest absolute Gasteiger partial charge is 0.333 e. The molecule has 3 nitrogen and oxygen atoms in total. The van der Waals surface area contributed by atoms with Crippen LogP contribution in [0.5, 0.6) is 0 Å². The van der Waals surface area contributed by atoms with Crippen molar-refractivity contribution in [2.75, 3.05) is 6.54 Å². The first-order valence-electron chi connectivity index (χ1n) is 7.29. The summed E-state index contributed by atoms with van der Waals surface area (Å²) in [5.74, 6) is -0.464. The second-order valence-corrected chi connectivity index (χ2v) is 6.00. The highest BCUT2D eigenvalue weighted by Gasteiger charge is 2.38. The van der Waals surface area contributed by atoms with Gasteiger partial charge in [0.05, 0.1) is 0 Å². The smallest absolute Gasteiger partial charge is 0.290 e. The van der Waals surface area contributed by atoms with E-state index in [1.165, 1.54) is 0 Å². The van der Waals surface area contributed by atoms with Gasteiger partial charge in [0.1, 0.15) is 0 Å². The standard InChI is InChI=1S/C15H27NO2/c1-5-7-9-12-10-8-11-16(12)14(18)13(17)15(3,4)6-2/h12H,5-11H2,1-4H3. The fourth-order valence-corrected chi connectivity index (χ4v) is 2.42. The highest BCUT2D eigenvalue weighted by molar-refractivity contribution is 6.38. The van der Waals surface area contributed by atoms with Crippen LogP contribution in [-0.2, 0) is 9.59 Å². The number of amides is 1. The molecule has 0 saturated carbocycles. The van der Waals surface area contributed by atoms with Gasteiger partial charge >= 0.3 is 0 Å². The van der Waals surface area contributed by atoms with E-state index in [1.54, 1.807) is 0 Å². The van der Waals surface area contributed by atoms with E-state index in [0.717, 1.165) is 38.6 Å². The van der Waals surface area contributed by atoms with Crippen LogP contribution >= 0.6 is 0 Å². The van der Waals surface area contributed by atoms with E-state index in [4.69, 9.17) is 0 Å². The Morgan fingerprint density at radius 1 is 1.28 bits per heavy atom. The van der Waals surface area contributed by atoms with Gasteiger partial charge < -0.3 is 4.90 Å². The average Bonchev–Trinajstić information content (AvgIpc) is 2.82. The van der Waals surface area contributed by atoms with Crippen molar-refractivity contribution < 1.29 is 9.59 Å². The van der Waals surface area contributed by atoms with Gasteiger partial charge in [-0.05, 0) is 25.7 Å². The van der Waals surface area contributed by atoms with Gasteiger partial charge in [0.15, 0.2) is 0 Å². The van der Waals surface area contributed by atoms with Crippen molar-refractivity contribution in [1.82, 2.24) is 4.90 Å². The quantitative estimate of drug-likeness (QED) is 0.682. The van der Waals surface area contributed by atoms with E-state index in [2.05, 4.69) is 6.92 Å². The first-order valence-corrected chi connectivity index (χ1v) is 7.29. The van der Waals surface area contributed by atoms with E-state index in [-0.39, 0.29) is 11.7 Å². The van der Waals surface area contributed by atoms with Crippen LogP contribution in [0.1, 0.15) is 66.2 Å². The number of carbonyl (C=O) groups excluding carboxylic acids is 2. The van der Waals surface area contributed by atoms with Gasteiger partial charge in [-0.15, -0.1) is 0 Å². The molecule has 1 amide bonds. The monoisotopic (exact) mass is 253 g/mol. The zero-order valence-electron chi connectivity index (χ0n) is 12.3. The maximum atomic E-state index is 12.3. The Bertz CT molecular complexity index is 310. The van der Waals surface area contributed by atoms with Crippen molar-refractivity contribution in [3.8, 4) is 0 Å². The second-order valence-electron chi connectivity index (χ2n) is 6.00. The molecule has 1 aliphatic heterocycles. The Labute approximate surface area is 111 Å². The van der Waals surface area contributed by atoms with Gasteiger partial charge in [-0.1, -0.05) is 40.5 Å². The number of ketones is 1. The molecule has 0 aliphatic carbocycles. The van der Waals surface area contributed by atoms with Crippen molar-refractivity contribution in [3.63, 3.8) is 0 Å². The molecule has 0 radical (unpaired) electrons. The maximum Gasteiger partial charge on any atom is 0.290 e. The molecule has 1 aliphatic rings. The van der Waals surface area contributed by atoms with Crippen molar-refractivity contribution in [2.45, 2.75) is 72.3 Å². The van der Waals surface area contributed by atoms with Crippen molar-refractivity contribution in [3.05, 3.63) is 0 Å². The first-order chi connectivity index (χ1) is 8.44. The molecule has 3 heteroatoms. The molecule has 0 bridgehead atoms. The molecule has 0 aromatic carbocycles. The molecular weight excluding hydrogens is 226 g/mol. The number of carbonyl (C=O) groups is 2. The van der Waals surface area contributed by atoms with Crippen LogP contribution in [0.15, 0.2) is 0 Å². The number of nitrogens with zero attached hydrogens (tertiary/aromatic N) is 1. The Balaban J connectivity index is 2.68. The molecule has 1 rings (SSSR count). The van der Waals surface area contributed by atoms with Gasteiger partial charge in [-0.2, -0.15) is 0 Å². The van der Waals surface area contributed by atoms with Gasteiger partial charge in [0.2, 0.25) is 5.78 Å². The highest BCUT2D eigenvalue weighted by atomic mass is 16.2. The molecule has 0 spiro atoms.